The summed E-state index contributed by atoms with van der Waals surface area (Å²) in [7, 11) is 0. The van der Waals surface area contributed by atoms with Crippen molar-refractivity contribution in [2.75, 3.05) is 10.6 Å². The van der Waals surface area contributed by atoms with Crippen molar-refractivity contribution in [2.24, 2.45) is 0 Å². The van der Waals surface area contributed by atoms with Crippen molar-refractivity contribution in [2.45, 2.75) is 32.9 Å². The Morgan fingerprint density at radius 1 is 1.19 bits per heavy atom. The van der Waals surface area contributed by atoms with Gasteiger partial charge in [0.1, 0.15) is 0 Å². The first kappa shape index (κ1) is 20.0. The summed E-state index contributed by atoms with van der Waals surface area (Å²) in [5.74, 6) is -1.14. The van der Waals surface area contributed by atoms with Crippen LogP contribution in [0.2, 0.25) is 0 Å². The van der Waals surface area contributed by atoms with Crippen LogP contribution in [0.4, 0.5) is 24.5 Å². The molecule has 10 heteroatoms. The highest BCUT2D eigenvalue weighted by Crippen LogP contribution is 2.34. The molecular formula is C16H16BrF3N4O2. The lowest BCUT2D eigenvalue weighted by molar-refractivity contribution is -0.137. The van der Waals surface area contributed by atoms with Crippen molar-refractivity contribution in [1.82, 2.24) is 10.2 Å². The van der Waals surface area contributed by atoms with Gasteiger partial charge in [-0.1, -0.05) is 13.8 Å². The summed E-state index contributed by atoms with van der Waals surface area (Å²) in [5, 5.41) is 11.4. The fourth-order valence-electron chi connectivity index (χ4n) is 2.18. The van der Waals surface area contributed by atoms with Crippen molar-refractivity contribution < 1.29 is 22.8 Å². The number of rotatable bonds is 4. The van der Waals surface area contributed by atoms with Gasteiger partial charge in [0.15, 0.2) is 5.69 Å². The number of aromatic amines is 1. The van der Waals surface area contributed by atoms with Crippen LogP contribution < -0.4 is 10.6 Å². The van der Waals surface area contributed by atoms with Gasteiger partial charge in [-0.2, -0.15) is 18.3 Å². The van der Waals surface area contributed by atoms with E-state index in [2.05, 4.69) is 36.8 Å². The van der Waals surface area contributed by atoms with Gasteiger partial charge in [-0.05, 0) is 40.0 Å². The van der Waals surface area contributed by atoms with Crippen molar-refractivity contribution in [3.8, 4) is 0 Å². The molecular weight excluding hydrogens is 417 g/mol. The summed E-state index contributed by atoms with van der Waals surface area (Å²) in [4.78, 5) is 23.7. The molecule has 6 nitrogen and oxygen atoms in total. The third-order valence-corrected chi connectivity index (χ3v) is 4.23. The summed E-state index contributed by atoms with van der Waals surface area (Å²) < 4.78 is 39.3. The van der Waals surface area contributed by atoms with Crippen LogP contribution in [0.25, 0.3) is 0 Å². The molecule has 140 valence electrons. The standard InChI is InChI=1S/C16H16BrF3N4O2/c1-7(2)13-12(17)14(24-23-13)15(26)22-11-6-9(16(18,19)20)4-5-10(11)21-8(3)25/h4-7H,1-3H3,(H,21,25)(H,22,26)(H,23,24). The average molecular weight is 433 g/mol. The summed E-state index contributed by atoms with van der Waals surface area (Å²) >= 11 is 3.27. The zero-order valence-electron chi connectivity index (χ0n) is 14.1. The fraction of sp³-hybridized carbons (Fsp3) is 0.312. The number of amides is 2. The number of halogens is 4. The lowest BCUT2D eigenvalue weighted by Gasteiger charge is -2.14. The van der Waals surface area contributed by atoms with Crippen LogP contribution >= 0.6 is 15.9 Å². The Balaban J connectivity index is 2.39. The number of carbonyl (C=O) groups excluding carboxylic acids is 2. The Morgan fingerprint density at radius 3 is 2.35 bits per heavy atom. The number of hydrogen-bond acceptors (Lipinski definition) is 3. The molecule has 0 atom stereocenters. The van der Waals surface area contributed by atoms with Crippen molar-refractivity contribution in [3.05, 3.63) is 39.6 Å². The third-order valence-electron chi connectivity index (χ3n) is 3.43. The molecule has 1 heterocycles. The molecule has 0 unspecified atom stereocenters. The second-order valence-electron chi connectivity index (χ2n) is 5.85. The number of hydrogen-bond donors (Lipinski definition) is 3. The molecule has 1 aromatic heterocycles. The molecule has 0 radical (unpaired) electrons. The van der Waals surface area contributed by atoms with Crippen LogP contribution in [0.1, 0.15) is 48.4 Å². The zero-order chi connectivity index (χ0) is 19.6. The minimum absolute atomic E-state index is 0.000105. The first-order valence-electron chi connectivity index (χ1n) is 7.54. The Hall–Kier alpha value is -2.36. The number of alkyl halides is 3. The van der Waals surface area contributed by atoms with Gasteiger partial charge in [-0.15, -0.1) is 0 Å². The zero-order valence-corrected chi connectivity index (χ0v) is 15.7. The molecule has 1 aromatic carbocycles. The number of H-pyrrole nitrogens is 1. The Bertz CT molecular complexity index is 847. The maximum atomic E-state index is 13.0. The van der Waals surface area contributed by atoms with Crippen LogP contribution in [-0.2, 0) is 11.0 Å². The van der Waals surface area contributed by atoms with E-state index in [1.54, 1.807) is 0 Å². The highest BCUT2D eigenvalue weighted by Gasteiger charge is 2.31. The SMILES string of the molecule is CC(=O)Nc1ccc(C(F)(F)F)cc1NC(=O)c1n[nH]c(C(C)C)c1Br. The predicted molar refractivity (Wildman–Crippen MR) is 94.1 cm³/mol. The van der Waals surface area contributed by atoms with Crippen LogP contribution in [0.3, 0.4) is 0 Å². The van der Waals surface area contributed by atoms with Gasteiger partial charge >= 0.3 is 6.18 Å². The molecule has 2 amide bonds. The van der Waals surface area contributed by atoms with E-state index in [0.29, 0.717) is 10.2 Å². The molecule has 0 saturated heterocycles. The number of nitrogens with one attached hydrogen (secondary N) is 3. The molecule has 0 bridgehead atoms. The molecule has 3 N–H and O–H groups in total. The fourth-order valence-corrected chi connectivity index (χ4v) is 2.99. The predicted octanol–water partition coefficient (Wildman–Crippen LogP) is 4.53. The number of anilines is 2. The van der Waals surface area contributed by atoms with Crippen LogP contribution in [0.15, 0.2) is 22.7 Å². The normalized spacial score (nSPS) is 11.5. The molecule has 0 aliphatic rings. The topological polar surface area (TPSA) is 86.9 Å². The van der Waals surface area contributed by atoms with Crippen molar-refractivity contribution >= 4 is 39.1 Å². The quantitative estimate of drug-likeness (QED) is 0.663. The lowest BCUT2D eigenvalue weighted by Crippen LogP contribution is -2.17. The van der Waals surface area contributed by atoms with E-state index in [1.165, 1.54) is 6.92 Å². The third kappa shape index (κ3) is 4.43. The van der Waals surface area contributed by atoms with Gasteiger partial charge in [0.25, 0.3) is 5.91 Å². The second kappa shape index (κ2) is 7.48. The molecule has 0 aliphatic carbocycles. The summed E-state index contributed by atoms with van der Waals surface area (Å²) in [6.07, 6.45) is -4.59. The maximum Gasteiger partial charge on any atom is 0.416 e. The van der Waals surface area contributed by atoms with E-state index < -0.39 is 23.6 Å². The minimum Gasteiger partial charge on any atom is -0.325 e. The molecule has 0 fully saturated rings. The van der Waals surface area contributed by atoms with E-state index in [-0.39, 0.29) is 23.0 Å². The van der Waals surface area contributed by atoms with Crippen LogP contribution in [-0.4, -0.2) is 22.0 Å². The largest absolute Gasteiger partial charge is 0.416 e. The van der Waals surface area contributed by atoms with Crippen LogP contribution in [0, 0.1) is 0 Å². The smallest absolute Gasteiger partial charge is 0.325 e. The lowest BCUT2D eigenvalue weighted by atomic mass is 10.1. The Morgan fingerprint density at radius 2 is 1.85 bits per heavy atom. The van der Waals surface area contributed by atoms with Crippen LogP contribution in [0.5, 0.6) is 0 Å². The summed E-state index contributed by atoms with van der Waals surface area (Å²) in [6, 6.07) is 2.66. The van der Waals surface area contributed by atoms with Gasteiger partial charge < -0.3 is 10.6 Å². The van der Waals surface area contributed by atoms with Gasteiger partial charge in [0.05, 0.1) is 27.1 Å². The summed E-state index contributed by atoms with van der Waals surface area (Å²) in [5.41, 5.74) is -0.400. The first-order chi connectivity index (χ1) is 12.0. The van der Waals surface area contributed by atoms with Gasteiger partial charge in [-0.25, -0.2) is 0 Å². The highest BCUT2D eigenvalue weighted by molar-refractivity contribution is 9.10. The van der Waals surface area contributed by atoms with Gasteiger partial charge in [0, 0.05) is 6.92 Å². The van der Waals surface area contributed by atoms with Gasteiger partial charge in [-0.3, -0.25) is 14.7 Å². The summed E-state index contributed by atoms with van der Waals surface area (Å²) in [6.45, 7) is 4.99. The average Bonchev–Trinajstić information content (AvgIpc) is 2.89. The number of carbonyl (C=O) groups is 2. The second-order valence-corrected chi connectivity index (χ2v) is 6.64. The van der Waals surface area contributed by atoms with E-state index >= 15 is 0 Å². The maximum absolute atomic E-state index is 13.0. The number of benzene rings is 1. The van der Waals surface area contributed by atoms with E-state index in [9.17, 15) is 22.8 Å². The van der Waals surface area contributed by atoms with Gasteiger partial charge in [0.2, 0.25) is 5.91 Å². The Kier molecular flexibility index (Phi) is 5.74. The van der Waals surface area contributed by atoms with E-state index in [0.717, 1.165) is 18.2 Å². The molecule has 0 saturated carbocycles. The monoisotopic (exact) mass is 432 g/mol. The minimum atomic E-state index is -4.59. The molecule has 2 rings (SSSR count). The van der Waals surface area contributed by atoms with Crippen molar-refractivity contribution in [1.29, 1.82) is 0 Å². The van der Waals surface area contributed by atoms with E-state index in [4.69, 9.17) is 0 Å². The molecule has 26 heavy (non-hydrogen) atoms. The van der Waals surface area contributed by atoms with E-state index in [1.807, 2.05) is 13.8 Å². The van der Waals surface area contributed by atoms with Crippen molar-refractivity contribution in [3.63, 3.8) is 0 Å². The number of nitrogens with zero attached hydrogens (tertiary/aromatic N) is 1. The number of aromatic nitrogens is 2. The Labute approximate surface area is 155 Å². The highest BCUT2D eigenvalue weighted by atomic mass is 79.9. The molecule has 0 spiro atoms. The first-order valence-corrected chi connectivity index (χ1v) is 8.34. The molecule has 0 aliphatic heterocycles. The molecule has 2 aromatic rings.